The zero-order valence-corrected chi connectivity index (χ0v) is 9.78. The van der Waals surface area contributed by atoms with E-state index in [1.807, 2.05) is 0 Å². The number of rotatable bonds is 5. The molecule has 0 radical (unpaired) electrons. The van der Waals surface area contributed by atoms with Gasteiger partial charge in [-0.15, -0.1) is 0 Å². The van der Waals surface area contributed by atoms with Crippen LogP contribution in [0.25, 0.3) is 0 Å². The average Bonchev–Trinajstić information content (AvgIpc) is 2.20. The molecule has 1 aromatic rings. The number of nitrogens with one attached hydrogen (secondary N) is 1. The van der Waals surface area contributed by atoms with Gasteiger partial charge in [0, 0.05) is 13.2 Å². The standard InChI is InChI=1S/C10H14Cl2N2O/c11-7-5-9(13)10(6-8(7)12)14-3-1-2-4-15/h5-6,14-15H,1-4,13H2. The van der Waals surface area contributed by atoms with Crippen molar-refractivity contribution in [2.75, 3.05) is 24.2 Å². The van der Waals surface area contributed by atoms with Gasteiger partial charge in [0.15, 0.2) is 0 Å². The fraction of sp³-hybridized carbons (Fsp3) is 0.400. The van der Waals surface area contributed by atoms with E-state index in [2.05, 4.69) is 5.32 Å². The monoisotopic (exact) mass is 248 g/mol. The Morgan fingerprint density at radius 2 is 1.87 bits per heavy atom. The van der Waals surface area contributed by atoms with E-state index in [-0.39, 0.29) is 6.61 Å². The predicted molar refractivity (Wildman–Crippen MR) is 65.7 cm³/mol. The predicted octanol–water partition coefficient (Wildman–Crippen LogP) is 2.76. The normalized spacial score (nSPS) is 10.3. The summed E-state index contributed by atoms with van der Waals surface area (Å²) in [6.45, 7) is 0.960. The summed E-state index contributed by atoms with van der Waals surface area (Å²) < 4.78 is 0. The molecule has 0 saturated carbocycles. The fourth-order valence-electron chi connectivity index (χ4n) is 1.18. The average molecular weight is 249 g/mol. The molecule has 0 fully saturated rings. The second-order valence-corrected chi connectivity index (χ2v) is 4.03. The third kappa shape index (κ3) is 3.78. The highest BCUT2D eigenvalue weighted by atomic mass is 35.5. The molecule has 1 aromatic carbocycles. The molecular weight excluding hydrogens is 235 g/mol. The summed E-state index contributed by atoms with van der Waals surface area (Å²) in [4.78, 5) is 0. The van der Waals surface area contributed by atoms with Crippen LogP contribution in [0.1, 0.15) is 12.8 Å². The molecule has 0 unspecified atom stereocenters. The van der Waals surface area contributed by atoms with Gasteiger partial charge in [0.2, 0.25) is 0 Å². The highest BCUT2D eigenvalue weighted by Crippen LogP contribution is 2.30. The number of hydrogen-bond acceptors (Lipinski definition) is 3. The van der Waals surface area contributed by atoms with E-state index in [4.69, 9.17) is 34.0 Å². The fourth-order valence-corrected chi connectivity index (χ4v) is 1.51. The molecule has 3 nitrogen and oxygen atoms in total. The molecule has 0 aliphatic rings. The molecule has 0 aromatic heterocycles. The Bertz CT molecular complexity index is 331. The van der Waals surface area contributed by atoms with Crippen molar-refractivity contribution in [2.45, 2.75) is 12.8 Å². The second-order valence-electron chi connectivity index (χ2n) is 3.21. The first-order valence-electron chi connectivity index (χ1n) is 4.74. The summed E-state index contributed by atoms with van der Waals surface area (Å²) in [7, 11) is 0. The van der Waals surface area contributed by atoms with Crippen LogP contribution >= 0.6 is 23.2 Å². The topological polar surface area (TPSA) is 58.3 Å². The first kappa shape index (κ1) is 12.4. The number of nitrogens with two attached hydrogens (primary N) is 1. The summed E-state index contributed by atoms with van der Waals surface area (Å²) in [5.74, 6) is 0. The van der Waals surface area contributed by atoms with Crippen LogP contribution in [0.5, 0.6) is 0 Å². The van der Waals surface area contributed by atoms with E-state index in [1.54, 1.807) is 12.1 Å². The Hall–Kier alpha value is -0.640. The molecule has 4 N–H and O–H groups in total. The summed E-state index contributed by atoms with van der Waals surface area (Å²) in [6.07, 6.45) is 1.66. The van der Waals surface area contributed by atoms with Gasteiger partial charge in [-0.05, 0) is 25.0 Å². The number of unbranched alkanes of at least 4 members (excludes halogenated alkanes) is 1. The molecule has 0 saturated heterocycles. The molecule has 1 rings (SSSR count). The summed E-state index contributed by atoms with van der Waals surface area (Å²) in [5, 5.41) is 12.7. The number of halogens is 2. The third-order valence-electron chi connectivity index (χ3n) is 1.99. The molecule has 84 valence electrons. The van der Waals surface area contributed by atoms with E-state index in [0.717, 1.165) is 25.1 Å². The van der Waals surface area contributed by atoms with Crippen molar-refractivity contribution < 1.29 is 5.11 Å². The Kier molecular flexibility index (Phi) is 5.02. The molecule has 0 spiro atoms. The Morgan fingerprint density at radius 3 is 2.53 bits per heavy atom. The maximum atomic E-state index is 8.61. The quantitative estimate of drug-likeness (QED) is 0.555. The second kappa shape index (κ2) is 6.05. The van der Waals surface area contributed by atoms with Gasteiger partial charge >= 0.3 is 0 Å². The number of aliphatic hydroxyl groups is 1. The van der Waals surface area contributed by atoms with Gasteiger partial charge in [0.05, 0.1) is 21.4 Å². The highest BCUT2D eigenvalue weighted by molar-refractivity contribution is 6.42. The summed E-state index contributed by atoms with van der Waals surface area (Å²) in [5.41, 5.74) is 7.11. The van der Waals surface area contributed by atoms with Crippen LogP contribution in [0, 0.1) is 0 Å². The number of hydrogen-bond donors (Lipinski definition) is 3. The summed E-state index contributed by atoms with van der Waals surface area (Å²) >= 11 is 11.7. The molecule has 5 heteroatoms. The van der Waals surface area contributed by atoms with Gasteiger partial charge in [0.25, 0.3) is 0 Å². The minimum Gasteiger partial charge on any atom is -0.397 e. The van der Waals surface area contributed by atoms with Gasteiger partial charge in [-0.1, -0.05) is 23.2 Å². The Balaban J connectivity index is 2.57. The van der Waals surface area contributed by atoms with E-state index < -0.39 is 0 Å². The number of benzene rings is 1. The lowest BCUT2D eigenvalue weighted by Crippen LogP contribution is -2.04. The van der Waals surface area contributed by atoms with Crippen LogP contribution in [0.4, 0.5) is 11.4 Å². The largest absolute Gasteiger partial charge is 0.397 e. The lowest BCUT2D eigenvalue weighted by atomic mass is 10.2. The lowest BCUT2D eigenvalue weighted by Gasteiger charge is -2.10. The van der Waals surface area contributed by atoms with Crippen molar-refractivity contribution >= 4 is 34.6 Å². The van der Waals surface area contributed by atoms with Crippen LogP contribution in [0.2, 0.25) is 10.0 Å². The maximum absolute atomic E-state index is 8.61. The van der Waals surface area contributed by atoms with E-state index in [9.17, 15) is 0 Å². The van der Waals surface area contributed by atoms with Crippen molar-refractivity contribution in [3.05, 3.63) is 22.2 Å². The highest BCUT2D eigenvalue weighted by Gasteiger charge is 2.03. The van der Waals surface area contributed by atoms with Crippen LogP contribution in [0.3, 0.4) is 0 Å². The van der Waals surface area contributed by atoms with Crippen LogP contribution in [0.15, 0.2) is 12.1 Å². The smallest absolute Gasteiger partial charge is 0.0614 e. The van der Waals surface area contributed by atoms with Crippen molar-refractivity contribution in [1.82, 2.24) is 0 Å². The Labute approximate surface area is 99.2 Å². The molecule has 0 aliphatic heterocycles. The van der Waals surface area contributed by atoms with Crippen LogP contribution in [-0.2, 0) is 0 Å². The molecule has 15 heavy (non-hydrogen) atoms. The number of anilines is 2. The van der Waals surface area contributed by atoms with Crippen molar-refractivity contribution in [3.63, 3.8) is 0 Å². The van der Waals surface area contributed by atoms with Gasteiger partial charge in [-0.2, -0.15) is 0 Å². The first-order chi connectivity index (χ1) is 7.15. The van der Waals surface area contributed by atoms with Crippen molar-refractivity contribution in [1.29, 1.82) is 0 Å². The molecule has 0 heterocycles. The molecule has 0 aliphatic carbocycles. The zero-order chi connectivity index (χ0) is 11.3. The van der Waals surface area contributed by atoms with Gasteiger partial charge < -0.3 is 16.2 Å². The maximum Gasteiger partial charge on any atom is 0.0614 e. The molecule has 0 atom stereocenters. The van der Waals surface area contributed by atoms with Crippen molar-refractivity contribution in [3.8, 4) is 0 Å². The van der Waals surface area contributed by atoms with Crippen LogP contribution < -0.4 is 11.1 Å². The Morgan fingerprint density at radius 1 is 1.20 bits per heavy atom. The first-order valence-corrected chi connectivity index (χ1v) is 5.50. The van der Waals surface area contributed by atoms with Crippen LogP contribution in [-0.4, -0.2) is 18.3 Å². The van der Waals surface area contributed by atoms with E-state index in [0.29, 0.717) is 15.7 Å². The van der Waals surface area contributed by atoms with Gasteiger partial charge in [-0.25, -0.2) is 0 Å². The molecule has 0 bridgehead atoms. The third-order valence-corrected chi connectivity index (χ3v) is 2.71. The SMILES string of the molecule is Nc1cc(Cl)c(Cl)cc1NCCCCO. The number of aliphatic hydroxyl groups excluding tert-OH is 1. The minimum atomic E-state index is 0.207. The van der Waals surface area contributed by atoms with E-state index >= 15 is 0 Å². The molecule has 0 amide bonds. The summed E-state index contributed by atoms with van der Waals surface area (Å²) in [6, 6.07) is 3.33. The van der Waals surface area contributed by atoms with E-state index in [1.165, 1.54) is 0 Å². The molecular formula is C10H14Cl2N2O. The van der Waals surface area contributed by atoms with Gasteiger partial charge in [-0.3, -0.25) is 0 Å². The van der Waals surface area contributed by atoms with Gasteiger partial charge in [0.1, 0.15) is 0 Å². The number of nitrogen functional groups attached to an aromatic ring is 1. The lowest BCUT2D eigenvalue weighted by molar-refractivity contribution is 0.286. The van der Waals surface area contributed by atoms with Crippen molar-refractivity contribution in [2.24, 2.45) is 0 Å². The zero-order valence-electron chi connectivity index (χ0n) is 8.26. The minimum absolute atomic E-state index is 0.207.